The number of sulfonamides is 1. The van der Waals surface area contributed by atoms with E-state index in [2.05, 4.69) is 10.0 Å². The van der Waals surface area contributed by atoms with Gasteiger partial charge in [-0.1, -0.05) is 24.3 Å². The largest absolute Gasteiger partial charge is 0.321 e. The van der Waals surface area contributed by atoms with E-state index in [4.69, 9.17) is 0 Å². The SMILES string of the molecule is CS(=O)(=O)Nc1ccccc1C(=O)Nc1ccccc1C=O. The lowest BCUT2D eigenvalue weighted by atomic mass is 10.1. The van der Waals surface area contributed by atoms with Crippen LogP contribution in [0.15, 0.2) is 48.5 Å². The Hall–Kier alpha value is -2.67. The maximum atomic E-state index is 12.3. The number of hydrogen-bond donors (Lipinski definition) is 2. The zero-order chi connectivity index (χ0) is 16.2. The van der Waals surface area contributed by atoms with E-state index in [0.29, 0.717) is 17.5 Å². The topological polar surface area (TPSA) is 92.3 Å². The van der Waals surface area contributed by atoms with E-state index in [-0.39, 0.29) is 11.3 Å². The van der Waals surface area contributed by atoms with E-state index < -0.39 is 15.9 Å². The molecule has 0 unspecified atom stereocenters. The Bertz CT molecular complexity index is 816. The third kappa shape index (κ3) is 3.92. The normalized spacial score (nSPS) is 10.8. The fraction of sp³-hybridized carbons (Fsp3) is 0.0667. The average molecular weight is 318 g/mol. The molecule has 0 aromatic heterocycles. The Morgan fingerprint density at radius 3 is 2.23 bits per heavy atom. The predicted molar refractivity (Wildman–Crippen MR) is 84.7 cm³/mol. The number of benzene rings is 2. The van der Waals surface area contributed by atoms with Gasteiger partial charge in [0.05, 0.1) is 23.2 Å². The third-order valence-corrected chi connectivity index (χ3v) is 3.39. The van der Waals surface area contributed by atoms with Crippen molar-refractivity contribution in [2.24, 2.45) is 0 Å². The van der Waals surface area contributed by atoms with Crippen LogP contribution in [0.5, 0.6) is 0 Å². The number of rotatable bonds is 5. The van der Waals surface area contributed by atoms with Crippen molar-refractivity contribution < 1.29 is 18.0 Å². The summed E-state index contributed by atoms with van der Waals surface area (Å²) in [4.78, 5) is 23.3. The molecule has 7 heteroatoms. The quantitative estimate of drug-likeness (QED) is 0.826. The molecule has 6 nitrogen and oxygen atoms in total. The van der Waals surface area contributed by atoms with Gasteiger partial charge >= 0.3 is 0 Å². The van der Waals surface area contributed by atoms with Gasteiger partial charge in [-0.25, -0.2) is 8.42 Å². The second-order valence-electron chi connectivity index (χ2n) is 4.58. The maximum absolute atomic E-state index is 12.3. The molecule has 2 rings (SSSR count). The van der Waals surface area contributed by atoms with Crippen LogP contribution >= 0.6 is 0 Å². The van der Waals surface area contributed by atoms with Crippen molar-refractivity contribution in [1.82, 2.24) is 0 Å². The molecule has 0 fully saturated rings. The molecule has 0 heterocycles. The summed E-state index contributed by atoms with van der Waals surface area (Å²) in [5.41, 5.74) is 1.03. The number of hydrogen-bond acceptors (Lipinski definition) is 4. The number of carbonyl (C=O) groups excluding carboxylic acids is 2. The summed E-state index contributed by atoms with van der Waals surface area (Å²) in [5.74, 6) is -0.513. The molecule has 1 amide bonds. The lowest BCUT2D eigenvalue weighted by molar-refractivity contribution is 0.102. The number of aldehydes is 1. The van der Waals surface area contributed by atoms with Gasteiger partial charge in [0.15, 0.2) is 6.29 Å². The summed E-state index contributed by atoms with van der Waals surface area (Å²) in [7, 11) is -3.51. The molecule has 114 valence electrons. The molecular weight excluding hydrogens is 304 g/mol. The second kappa shape index (κ2) is 6.40. The zero-order valence-corrected chi connectivity index (χ0v) is 12.6. The van der Waals surface area contributed by atoms with Gasteiger partial charge in [0.25, 0.3) is 5.91 Å². The molecule has 2 N–H and O–H groups in total. The van der Waals surface area contributed by atoms with Crippen LogP contribution in [0.25, 0.3) is 0 Å². The zero-order valence-electron chi connectivity index (χ0n) is 11.7. The molecule has 0 saturated carbocycles. The molecule has 22 heavy (non-hydrogen) atoms. The Morgan fingerprint density at radius 1 is 1.00 bits per heavy atom. The highest BCUT2D eigenvalue weighted by Crippen LogP contribution is 2.19. The van der Waals surface area contributed by atoms with Crippen LogP contribution < -0.4 is 10.0 Å². The van der Waals surface area contributed by atoms with Crippen molar-refractivity contribution in [3.8, 4) is 0 Å². The molecule has 0 spiro atoms. The Kier molecular flexibility index (Phi) is 4.57. The molecular formula is C15H14N2O4S. The van der Waals surface area contributed by atoms with Crippen molar-refractivity contribution in [2.45, 2.75) is 0 Å². The number of carbonyl (C=O) groups is 2. The number of para-hydroxylation sites is 2. The van der Waals surface area contributed by atoms with E-state index in [1.807, 2.05) is 0 Å². The van der Waals surface area contributed by atoms with Gasteiger partial charge in [-0.05, 0) is 24.3 Å². The molecule has 0 aliphatic rings. The summed E-state index contributed by atoms with van der Waals surface area (Å²) in [6.45, 7) is 0. The second-order valence-corrected chi connectivity index (χ2v) is 6.33. The lowest BCUT2D eigenvalue weighted by Crippen LogP contribution is -2.18. The average Bonchev–Trinajstić information content (AvgIpc) is 2.46. The minimum Gasteiger partial charge on any atom is -0.321 e. The van der Waals surface area contributed by atoms with Crippen LogP contribution in [0.2, 0.25) is 0 Å². The fourth-order valence-corrected chi connectivity index (χ4v) is 2.45. The van der Waals surface area contributed by atoms with Crippen molar-refractivity contribution in [2.75, 3.05) is 16.3 Å². The molecule has 2 aromatic rings. The van der Waals surface area contributed by atoms with Crippen LogP contribution in [0.3, 0.4) is 0 Å². The van der Waals surface area contributed by atoms with Gasteiger partial charge in [-0.3, -0.25) is 14.3 Å². The van der Waals surface area contributed by atoms with Crippen molar-refractivity contribution in [3.05, 3.63) is 59.7 Å². The Morgan fingerprint density at radius 2 is 1.59 bits per heavy atom. The number of anilines is 2. The Labute approximate surface area is 128 Å². The molecule has 0 aliphatic heterocycles. The van der Waals surface area contributed by atoms with Gasteiger partial charge < -0.3 is 5.32 Å². The molecule has 0 radical (unpaired) electrons. The van der Waals surface area contributed by atoms with Crippen molar-refractivity contribution >= 4 is 33.6 Å². The first-order chi connectivity index (χ1) is 10.4. The lowest BCUT2D eigenvalue weighted by Gasteiger charge is -2.11. The summed E-state index contributed by atoms with van der Waals surface area (Å²) < 4.78 is 25.0. The van der Waals surface area contributed by atoms with Crippen LogP contribution in [0.4, 0.5) is 11.4 Å². The van der Waals surface area contributed by atoms with Gasteiger partial charge in [0, 0.05) is 5.56 Å². The first-order valence-corrected chi connectivity index (χ1v) is 8.22. The van der Waals surface area contributed by atoms with Crippen molar-refractivity contribution in [3.63, 3.8) is 0 Å². The van der Waals surface area contributed by atoms with Crippen LogP contribution in [-0.2, 0) is 10.0 Å². The van der Waals surface area contributed by atoms with Gasteiger partial charge in [-0.2, -0.15) is 0 Å². The monoisotopic (exact) mass is 318 g/mol. The molecule has 0 bridgehead atoms. The highest BCUT2D eigenvalue weighted by Gasteiger charge is 2.14. The number of amides is 1. The van der Waals surface area contributed by atoms with E-state index in [1.165, 1.54) is 12.1 Å². The first kappa shape index (κ1) is 15.7. The van der Waals surface area contributed by atoms with Crippen LogP contribution in [0.1, 0.15) is 20.7 Å². The van der Waals surface area contributed by atoms with E-state index in [9.17, 15) is 18.0 Å². The summed E-state index contributed by atoms with van der Waals surface area (Å²) >= 11 is 0. The van der Waals surface area contributed by atoms with Gasteiger partial charge in [0.1, 0.15) is 0 Å². The molecule has 0 aliphatic carbocycles. The third-order valence-electron chi connectivity index (χ3n) is 2.80. The smallest absolute Gasteiger partial charge is 0.257 e. The first-order valence-electron chi connectivity index (χ1n) is 6.33. The molecule has 2 aromatic carbocycles. The van der Waals surface area contributed by atoms with Crippen LogP contribution in [-0.4, -0.2) is 26.9 Å². The van der Waals surface area contributed by atoms with Gasteiger partial charge in [0.2, 0.25) is 10.0 Å². The summed E-state index contributed by atoms with van der Waals surface area (Å²) in [6.07, 6.45) is 1.64. The van der Waals surface area contributed by atoms with Crippen molar-refractivity contribution in [1.29, 1.82) is 0 Å². The molecule has 0 atom stereocenters. The number of nitrogens with one attached hydrogen (secondary N) is 2. The minimum atomic E-state index is -3.51. The van der Waals surface area contributed by atoms with E-state index >= 15 is 0 Å². The highest BCUT2D eigenvalue weighted by molar-refractivity contribution is 7.92. The molecule has 0 saturated heterocycles. The van der Waals surface area contributed by atoms with E-state index in [0.717, 1.165) is 6.26 Å². The highest BCUT2D eigenvalue weighted by atomic mass is 32.2. The van der Waals surface area contributed by atoms with E-state index in [1.54, 1.807) is 36.4 Å². The Balaban J connectivity index is 2.32. The maximum Gasteiger partial charge on any atom is 0.257 e. The summed E-state index contributed by atoms with van der Waals surface area (Å²) in [6, 6.07) is 12.7. The van der Waals surface area contributed by atoms with Crippen LogP contribution in [0, 0.1) is 0 Å². The minimum absolute atomic E-state index is 0.161. The van der Waals surface area contributed by atoms with Gasteiger partial charge in [-0.15, -0.1) is 0 Å². The fourth-order valence-electron chi connectivity index (χ4n) is 1.87. The summed E-state index contributed by atoms with van der Waals surface area (Å²) in [5, 5.41) is 2.60. The standard InChI is InChI=1S/C15H14N2O4S/c1-22(20,21)17-14-9-5-3-7-12(14)15(19)16-13-8-4-2-6-11(13)10-18/h2-10,17H,1H3,(H,16,19). The predicted octanol–water partition coefficient (Wildman–Crippen LogP) is 2.12.